The molecule has 0 aliphatic heterocycles. The first-order chi connectivity index (χ1) is 8.09. The van der Waals surface area contributed by atoms with E-state index in [9.17, 15) is 14.7 Å². The minimum absolute atomic E-state index is 0.0129. The lowest BCUT2D eigenvalue weighted by Gasteiger charge is -2.10. The van der Waals surface area contributed by atoms with Crippen molar-refractivity contribution in [1.29, 1.82) is 0 Å². The van der Waals surface area contributed by atoms with Crippen molar-refractivity contribution in [1.82, 2.24) is 5.32 Å². The summed E-state index contributed by atoms with van der Waals surface area (Å²) >= 11 is 0. The highest BCUT2D eigenvalue weighted by Crippen LogP contribution is 2.13. The maximum absolute atomic E-state index is 12.0. The summed E-state index contributed by atoms with van der Waals surface area (Å²) < 4.78 is 5.22. The van der Waals surface area contributed by atoms with E-state index in [1.54, 1.807) is 24.3 Å². The smallest absolute Gasteiger partial charge is 0.219 e. The molecule has 1 amide bonds. The van der Waals surface area contributed by atoms with Gasteiger partial charge in [-0.1, -0.05) is 12.1 Å². The van der Waals surface area contributed by atoms with Gasteiger partial charge in [0.15, 0.2) is 11.7 Å². The fourth-order valence-electron chi connectivity index (χ4n) is 1.55. The number of hydrogen-bond acceptors (Lipinski definition) is 4. The molecule has 2 rings (SSSR count). The Labute approximate surface area is 96.7 Å². The maximum Gasteiger partial charge on any atom is 0.219 e. The molecule has 1 aromatic heterocycles. The van der Waals surface area contributed by atoms with E-state index in [4.69, 9.17) is 4.42 Å². The molecule has 2 N–H and O–H groups in total. The van der Waals surface area contributed by atoms with Crippen LogP contribution in [0.5, 0.6) is 0 Å². The minimum atomic E-state index is -1.35. The largest absolute Gasteiger partial charge is 0.464 e. The van der Waals surface area contributed by atoms with Gasteiger partial charge in [0, 0.05) is 6.92 Å². The number of fused-ring (bicyclic) bond motifs is 1. The molecule has 5 heteroatoms. The van der Waals surface area contributed by atoms with Crippen LogP contribution in [0.2, 0.25) is 0 Å². The Morgan fingerprint density at radius 3 is 2.82 bits per heavy atom. The molecular formula is C12H11NO4. The van der Waals surface area contributed by atoms with Crippen molar-refractivity contribution in [2.75, 3.05) is 0 Å². The molecule has 17 heavy (non-hydrogen) atoms. The molecule has 2 aromatic rings. The predicted octanol–water partition coefficient (Wildman–Crippen LogP) is 0.920. The Kier molecular flexibility index (Phi) is 2.93. The Hall–Kier alpha value is -2.14. The molecule has 0 saturated heterocycles. The van der Waals surface area contributed by atoms with Crippen LogP contribution in [0.1, 0.15) is 18.7 Å². The average Bonchev–Trinajstić information content (AvgIpc) is 2.28. The maximum atomic E-state index is 12.0. The normalized spacial score (nSPS) is 12.4. The first-order valence-electron chi connectivity index (χ1n) is 5.05. The van der Waals surface area contributed by atoms with Crippen LogP contribution < -0.4 is 10.7 Å². The lowest BCUT2D eigenvalue weighted by atomic mass is 10.1. The number of aliphatic hydroxyl groups is 1. The molecule has 0 saturated carbocycles. The van der Waals surface area contributed by atoms with Crippen LogP contribution in [-0.4, -0.2) is 11.0 Å². The van der Waals surface area contributed by atoms with Gasteiger partial charge < -0.3 is 14.8 Å². The van der Waals surface area contributed by atoms with Gasteiger partial charge in [-0.25, -0.2) is 0 Å². The molecule has 1 aromatic carbocycles. The zero-order valence-electron chi connectivity index (χ0n) is 9.14. The van der Waals surface area contributed by atoms with Crippen molar-refractivity contribution in [3.8, 4) is 0 Å². The number of hydrogen-bond donors (Lipinski definition) is 2. The molecule has 5 nitrogen and oxygen atoms in total. The molecule has 0 fully saturated rings. The van der Waals surface area contributed by atoms with E-state index in [2.05, 4.69) is 5.32 Å². The molecular weight excluding hydrogens is 222 g/mol. The van der Waals surface area contributed by atoms with Crippen LogP contribution in [0.15, 0.2) is 39.7 Å². The van der Waals surface area contributed by atoms with Gasteiger partial charge >= 0.3 is 0 Å². The second-order valence-corrected chi connectivity index (χ2v) is 3.62. The van der Waals surface area contributed by atoms with Crippen LogP contribution >= 0.6 is 0 Å². The third kappa shape index (κ3) is 2.19. The van der Waals surface area contributed by atoms with E-state index in [0.717, 1.165) is 6.26 Å². The van der Waals surface area contributed by atoms with Gasteiger partial charge in [0.25, 0.3) is 0 Å². The fraction of sp³-hybridized carbons (Fsp3) is 0.167. The van der Waals surface area contributed by atoms with Gasteiger partial charge in [-0.15, -0.1) is 0 Å². The van der Waals surface area contributed by atoms with Crippen molar-refractivity contribution < 1.29 is 14.3 Å². The zero-order chi connectivity index (χ0) is 12.4. The standard InChI is InChI=1S/C12H11NO4/c1-7(14)13-12(16)9-6-17-10-5-3-2-4-8(10)11(9)15/h2-6,12,16H,1H3,(H,13,14). The summed E-state index contributed by atoms with van der Waals surface area (Å²) in [5.74, 6) is -0.426. The monoisotopic (exact) mass is 233 g/mol. The summed E-state index contributed by atoms with van der Waals surface area (Å²) in [4.78, 5) is 22.8. The summed E-state index contributed by atoms with van der Waals surface area (Å²) in [5, 5.41) is 12.2. The molecule has 0 aliphatic carbocycles. The van der Waals surface area contributed by atoms with E-state index in [0.29, 0.717) is 11.0 Å². The van der Waals surface area contributed by atoms with E-state index in [1.165, 1.54) is 6.92 Å². The second kappa shape index (κ2) is 4.39. The number of nitrogens with one attached hydrogen (secondary N) is 1. The summed E-state index contributed by atoms with van der Waals surface area (Å²) in [6.07, 6.45) is -0.195. The number of para-hydroxylation sites is 1. The van der Waals surface area contributed by atoms with Crippen molar-refractivity contribution >= 4 is 16.9 Å². The molecule has 0 aliphatic rings. The van der Waals surface area contributed by atoms with E-state index in [1.807, 2.05) is 0 Å². The van der Waals surface area contributed by atoms with E-state index in [-0.39, 0.29) is 11.0 Å². The van der Waals surface area contributed by atoms with Crippen LogP contribution in [0.4, 0.5) is 0 Å². The molecule has 1 unspecified atom stereocenters. The van der Waals surface area contributed by atoms with Crippen LogP contribution in [0.25, 0.3) is 11.0 Å². The molecule has 1 atom stereocenters. The highest BCUT2D eigenvalue weighted by atomic mass is 16.3. The van der Waals surface area contributed by atoms with Gasteiger partial charge in [0.1, 0.15) is 11.8 Å². The van der Waals surface area contributed by atoms with E-state index < -0.39 is 12.1 Å². The third-order valence-electron chi connectivity index (χ3n) is 2.34. The number of benzene rings is 1. The summed E-state index contributed by atoms with van der Waals surface area (Å²) in [7, 11) is 0. The highest BCUT2D eigenvalue weighted by Gasteiger charge is 2.15. The lowest BCUT2D eigenvalue weighted by molar-refractivity contribution is -0.122. The number of rotatable bonds is 2. The van der Waals surface area contributed by atoms with Crippen molar-refractivity contribution in [2.24, 2.45) is 0 Å². The Morgan fingerprint density at radius 2 is 2.12 bits per heavy atom. The van der Waals surface area contributed by atoms with Crippen molar-refractivity contribution in [3.63, 3.8) is 0 Å². The SMILES string of the molecule is CC(=O)NC(O)c1coc2ccccc2c1=O. The van der Waals surface area contributed by atoms with Crippen LogP contribution in [0, 0.1) is 0 Å². The molecule has 88 valence electrons. The molecule has 0 bridgehead atoms. The van der Waals surface area contributed by atoms with Gasteiger partial charge in [0.2, 0.25) is 5.91 Å². The summed E-state index contributed by atoms with van der Waals surface area (Å²) in [5.41, 5.74) is 0.100. The van der Waals surface area contributed by atoms with Gasteiger partial charge in [-0.2, -0.15) is 0 Å². The fourth-order valence-corrected chi connectivity index (χ4v) is 1.55. The first-order valence-corrected chi connectivity index (χ1v) is 5.05. The molecule has 0 radical (unpaired) electrons. The van der Waals surface area contributed by atoms with Gasteiger partial charge in [-0.3, -0.25) is 9.59 Å². The predicted molar refractivity (Wildman–Crippen MR) is 61.3 cm³/mol. The number of aliphatic hydroxyl groups excluding tert-OH is 1. The van der Waals surface area contributed by atoms with Crippen molar-refractivity contribution in [3.05, 3.63) is 46.3 Å². The summed E-state index contributed by atoms with van der Waals surface area (Å²) in [6.45, 7) is 1.26. The summed E-state index contributed by atoms with van der Waals surface area (Å²) in [6, 6.07) is 6.71. The topological polar surface area (TPSA) is 79.5 Å². The average molecular weight is 233 g/mol. The zero-order valence-corrected chi connectivity index (χ0v) is 9.14. The van der Waals surface area contributed by atoms with Crippen LogP contribution in [0.3, 0.4) is 0 Å². The molecule has 1 heterocycles. The van der Waals surface area contributed by atoms with Crippen molar-refractivity contribution in [2.45, 2.75) is 13.2 Å². The second-order valence-electron chi connectivity index (χ2n) is 3.62. The lowest BCUT2D eigenvalue weighted by Crippen LogP contribution is -2.29. The van der Waals surface area contributed by atoms with Crippen LogP contribution in [-0.2, 0) is 4.79 Å². The number of amides is 1. The quantitative estimate of drug-likeness (QED) is 0.756. The highest BCUT2D eigenvalue weighted by molar-refractivity contribution is 5.77. The van der Waals surface area contributed by atoms with Gasteiger partial charge in [0.05, 0.1) is 10.9 Å². The first kappa shape index (κ1) is 11.3. The third-order valence-corrected chi connectivity index (χ3v) is 2.34. The van der Waals surface area contributed by atoms with E-state index >= 15 is 0 Å². The Balaban J connectivity index is 2.53. The Morgan fingerprint density at radius 1 is 1.41 bits per heavy atom. The Bertz CT molecular complexity index is 617. The number of carbonyl (C=O) groups is 1. The van der Waals surface area contributed by atoms with Gasteiger partial charge in [-0.05, 0) is 12.1 Å². The molecule has 0 spiro atoms. The number of carbonyl (C=O) groups excluding carboxylic acids is 1. The minimum Gasteiger partial charge on any atom is -0.464 e.